The minimum Gasteiger partial charge on any atom is -0.352 e. The molecule has 1 aliphatic carbocycles. The largest absolute Gasteiger partial charge is 0.352 e. The van der Waals surface area contributed by atoms with Crippen LogP contribution in [0.3, 0.4) is 0 Å². The van der Waals surface area contributed by atoms with Crippen molar-refractivity contribution in [2.75, 3.05) is 20.6 Å². The molecule has 1 saturated carbocycles. The first-order chi connectivity index (χ1) is 9.97. The van der Waals surface area contributed by atoms with Gasteiger partial charge >= 0.3 is 0 Å². The number of nitrogens with one attached hydrogen (secondary N) is 2. The zero-order chi connectivity index (χ0) is 15.4. The third-order valence-electron chi connectivity index (χ3n) is 3.49. The van der Waals surface area contributed by atoms with Crippen LogP contribution in [0.25, 0.3) is 0 Å². The molecule has 5 heteroatoms. The summed E-state index contributed by atoms with van der Waals surface area (Å²) in [7, 11) is 3.72. The van der Waals surface area contributed by atoms with E-state index in [1.165, 1.54) is 0 Å². The van der Waals surface area contributed by atoms with Crippen LogP contribution in [0.1, 0.15) is 30.0 Å². The predicted molar refractivity (Wildman–Crippen MR) is 81.8 cm³/mol. The minimum atomic E-state index is -0.390. The molecule has 2 N–H and O–H groups in total. The average Bonchev–Trinajstić information content (AvgIpc) is 3.20. The number of rotatable bonds is 6. The van der Waals surface area contributed by atoms with E-state index >= 15 is 0 Å². The Kier molecular flexibility index (Phi) is 4.96. The van der Waals surface area contributed by atoms with Crippen LogP contribution in [0, 0.1) is 6.92 Å². The van der Waals surface area contributed by atoms with E-state index in [4.69, 9.17) is 0 Å². The maximum Gasteiger partial charge on any atom is 0.242 e. The van der Waals surface area contributed by atoms with Crippen molar-refractivity contribution in [3.05, 3.63) is 35.4 Å². The van der Waals surface area contributed by atoms with E-state index in [9.17, 15) is 9.59 Å². The van der Waals surface area contributed by atoms with Gasteiger partial charge in [0.05, 0.1) is 6.54 Å². The Morgan fingerprint density at radius 1 is 1.33 bits per heavy atom. The predicted octanol–water partition coefficient (Wildman–Crippen LogP) is 0.993. The molecule has 0 bridgehead atoms. The summed E-state index contributed by atoms with van der Waals surface area (Å²) >= 11 is 0. The van der Waals surface area contributed by atoms with Crippen molar-refractivity contribution in [2.45, 2.75) is 31.8 Å². The van der Waals surface area contributed by atoms with Crippen LogP contribution in [-0.2, 0) is 9.59 Å². The van der Waals surface area contributed by atoms with Crippen molar-refractivity contribution >= 4 is 11.8 Å². The Morgan fingerprint density at radius 2 is 2.05 bits per heavy atom. The Balaban J connectivity index is 1.96. The van der Waals surface area contributed by atoms with Crippen molar-refractivity contribution in [1.29, 1.82) is 0 Å². The first-order valence-corrected chi connectivity index (χ1v) is 7.27. The smallest absolute Gasteiger partial charge is 0.242 e. The number of likely N-dealkylation sites (N-methyl/N-ethyl adjacent to an activating group) is 1. The standard InChI is InChI=1S/C16H23N3O2/c1-11-5-4-6-12(9-11)15(19(2)3)16(21)17-10-14(20)18-13-7-8-13/h4-6,9,13,15H,7-8,10H2,1-3H3,(H,17,21)(H,18,20)/t15-/m0/s1. The van der Waals surface area contributed by atoms with Gasteiger partial charge < -0.3 is 10.6 Å². The Morgan fingerprint density at radius 3 is 2.62 bits per heavy atom. The number of hydrogen-bond donors (Lipinski definition) is 2. The van der Waals surface area contributed by atoms with Gasteiger partial charge in [-0.05, 0) is 39.4 Å². The van der Waals surface area contributed by atoms with Gasteiger partial charge in [-0.25, -0.2) is 0 Å². The molecule has 2 amide bonds. The van der Waals surface area contributed by atoms with Crippen LogP contribution >= 0.6 is 0 Å². The third-order valence-corrected chi connectivity index (χ3v) is 3.49. The van der Waals surface area contributed by atoms with Crippen LogP contribution in [0.4, 0.5) is 0 Å². The molecule has 0 saturated heterocycles. The molecule has 1 aromatic carbocycles. The molecule has 0 spiro atoms. The molecule has 0 heterocycles. The molecular weight excluding hydrogens is 266 g/mol. The highest BCUT2D eigenvalue weighted by molar-refractivity contribution is 5.88. The molecular formula is C16H23N3O2. The zero-order valence-electron chi connectivity index (χ0n) is 12.8. The van der Waals surface area contributed by atoms with E-state index < -0.39 is 6.04 Å². The number of amides is 2. The molecule has 5 nitrogen and oxygen atoms in total. The second-order valence-electron chi connectivity index (χ2n) is 5.84. The van der Waals surface area contributed by atoms with E-state index in [0.717, 1.165) is 24.0 Å². The molecule has 0 aliphatic heterocycles. The van der Waals surface area contributed by atoms with Crippen LogP contribution < -0.4 is 10.6 Å². The van der Waals surface area contributed by atoms with Crippen molar-refractivity contribution < 1.29 is 9.59 Å². The normalized spacial score (nSPS) is 15.6. The first kappa shape index (κ1) is 15.5. The summed E-state index contributed by atoms with van der Waals surface area (Å²) < 4.78 is 0. The second-order valence-corrected chi connectivity index (χ2v) is 5.84. The Bertz CT molecular complexity index is 524. The van der Waals surface area contributed by atoms with Gasteiger partial charge in [0, 0.05) is 6.04 Å². The van der Waals surface area contributed by atoms with Gasteiger partial charge in [-0.2, -0.15) is 0 Å². The summed E-state index contributed by atoms with van der Waals surface area (Å²) in [6.45, 7) is 2.03. The van der Waals surface area contributed by atoms with Gasteiger partial charge in [-0.15, -0.1) is 0 Å². The van der Waals surface area contributed by atoms with Crippen LogP contribution in [0.2, 0.25) is 0 Å². The van der Waals surface area contributed by atoms with Gasteiger partial charge in [-0.1, -0.05) is 29.8 Å². The lowest BCUT2D eigenvalue weighted by Gasteiger charge is -2.24. The Labute approximate surface area is 125 Å². The molecule has 2 rings (SSSR count). The van der Waals surface area contributed by atoms with Crippen molar-refractivity contribution in [2.24, 2.45) is 0 Å². The molecule has 0 unspecified atom stereocenters. The highest BCUT2D eigenvalue weighted by Crippen LogP contribution is 2.20. The molecule has 1 aromatic rings. The van der Waals surface area contributed by atoms with E-state index in [-0.39, 0.29) is 18.4 Å². The zero-order valence-corrected chi connectivity index (χ0v) is 12.8. The SMILES string of the molecule is Cc1cccc([C@@H](C(=O)NCC(=O)NC2CC2)N(C)C)c1. The highest BCUT2D eigenvalue weighted by Gasteiger charge is 2.25. The Hall–Kier alpha value is -1.88. The lowest BCUT2D eigenvalue weighted by Crippen LogP contribution is -2.42. The van der Waals surface area contributed by atoms with Crippen LogP contribution in [0.15, 0.2) is 24.3 Å². The van der Waals surface area contributed by atoms with E-state index in [0.29, 0.717) is 6.04 Å². The molecule has 21 heavy (non-hydrogen) atoms. The maximum atomic E-state index is 12.4. The lowest BCUT2D eigenvalue weighted by atomic mass is 10.0. The number of aryl methyl sites for hydroxylation is 1. The molecule has 1 fully saturated rings. The van der Waals surface area contributed by atoms with Gasteiger partial charge in [0.1, 0.15) is 6.04 Å². The summed E-state index contributed by atoms with van der Waals surface area (Å²) in [6, 6.07) is 7.79. The number of benzene rings is 1. The van der Waals surface area contributed by atoms with E-state index in [1.54, 1.807) is 0 Å². The van der Waals surface area contributed by atoms with E-state index in [1.807, 2.05) is 50.2 Å². The van der Waals surface area contributed by atoms with Crippen molar-refractivity contribution in [1.82, 2.24) is 15.5 Å². The molecule has 0 aromatic heterocycles. The number of carbonyl (C=O) groups excluding carboxylic acids is 2. The van der Waals surface area contributed by atoms with Crippen molar-refractivity contribution in [3.8, 4) is 0 Å². The van der Waals surface area contributed by atoms with Crippen LogP contribution in [0.5, 0.6) is 0 Å². The average molecular weight is 289 g/mol. The fraction of sp³-hybridized carbons (Fsp3) is 0.500. The number of nitrogens with zero attached hydrogens (tertiary/aromatic N) is 1. The maximum absolute atomic E-state index is 12.4. The molecule has 0 radical (unpaired) electrons. The van der Waals surface area contributed by atoms with Gasteiger partial charge in [0.15, 0.2) is 0 Å². The quantitative estimate of drug-likeness (QED) is 0.821. The highest BCUT2D eigenvalue weighted by atomic mass is 16.2. The lowest BCUT2D eigenvalue weighted by molar-refractivity contribution is -0.129. The molecule has 1 atom stereocenters. The first-order valence-electron chi connectivity index (χ1n) is 7.27. The van der Waals surface area contributed by atoms with Gasteiger partial charge in [-0.3, -0.25) is 14.5 Å². The van der Waals surface area contributed by atoms with Gasteiger partial charge in [0.2, 0.25) is 11.8 Å². The number of carbonyl (C=O) groups is 2. The minimum absolute atomic E-state index is 0.0332. The summed E-state index contributed by atoms with van der Waals surface area (Å²) in [5, 5.41) is 5.58. The fourth-order valence-electron chi connectivity index (χ4n) is 2.29. The number of hydrogen-bond acceptors (Lipinski definition) is 3. The summed E-state index contributed by atoms with van der Waals surface area (Å²) in [6.07, 6.45) is 2.09. The molecule has 114 valence electrons. The van der Waals surface area contributed by atoms with Crippen molar-refractivity contribution in [3.63, 3.8) is 0 Å². The van der Waals surface area contributed by atoms with Crippen LogP contribution in [-0.4, -0.2) is 43.4 Å². The van der Waals surface area contributed by atoms with E-state index in [2.05, 4.69) is 10.6 Å². The topological polar surface area (TPSA) is 61.4 Å². The third kappa shape index (κ3) is 4.56. The monoisotopic (exact) mass is 289 g/mol. The summed E-state index contributed by atoms with van der Waals surface area (Å²) in [5.74, 6) is -0.274. The summed E-state index contributed by atoms with van der Waals surface area (Å²) in [5.41, 5.74) is 2.04. The summed E-state index contributed by atoms with van der Waals surface area (Å²) in [4.78, 5) is 25.9. The molecule has 1 aliphatic rings. The fourth-order valence-corrected chi connectivity index (χ4v) is 2.29. The second kappa shape index (κ2) is 6.72. The van der Waals surface area contributed by atoms with Gasteiger partial charge in [0.25, 0.3) is 0 Å².